The van der Waals surface area contributed by atoms with Gasteiger partial charge in [-0.3, -0.25) is 9.59 Å². The van der Waals surface area contributed by atoms with E-state index in [0.29, 0.717) is 12.8 Å². The first kappa shape index (κ1) is 18.4. The number of nitrogens with zero attached hydrogens (tertiary/aromatic N) is 1. The SMILES string of the molecule is CC(CCc1ccccc1)NC(=O)C(C)N1C(=O)NC2(CCCC2)C1=O. The summed E-state index contributed by atoms with van der Waals surface area (Å²) in [7, 11) is 0. The molecule has 0 bridgehead atoms. The van der Waals surface area contributed by atoms with Gasteiger partial charge in [-0.05, 0) is 45.1 Å². The van der Waals surface area contributed by atoms with Crippen LogP contribution in [0.15, 0.2) is 30.3 Å². The van der Waals surface area contributed by atoms with Gasteiger partial charge in [-0.15, -0.1) is 0 Å². The van der Waals surface area contributed by atoms with Crippen LogP contribution < -0.4 is 10.6 Å². The van der Waals surface area contributed by atoms with E-state index in [1.807, 2.05) is 25.1 Å². The van der Waals surface area contributed by atoms with Crippen molar-refractivity contribution in [1.82, 2.24) is 15.5 Å². The molecule has 26 heavy (non-hydrogen) atoms. The molecule has 4 amide bonds. The Labute approximate surface area is 154 Å². The van der Waals surface area contributed by atoms with Crippen molar-refractivity contribution < 1.29 is 14.4 Å². The minimum absolute atomic E-state index is 0.0358. The van der Waals surface area contributed by atoms with Gasteiger partial charge < -0.3 is 10.6 Å². The molecule has 1 saturated heterocycles. The number of hydrogen-bond donors (Lipinski definition) is 2. The average molecular weight is 357 g/mol. The number of carbonyl (C=O) groups excluding carboxylic acids is 3. The summed E-state index contributed by atoms with van der Waals surface area (Å²) in [5.41, 5.74) is 0.448. The average Bonchev–Trinajstić information content (AvgIpc) is 3.19. The highest BCUT2D eigenvalue weighted by Gasteiger charge is 2.54. The predicted molar refractivity (Wildman–Crippen MR) is 98.4 cm³/mol. The fraction of sp³-hybridized carbons (Fsp3) is 0.550. The van der Waals surface area contributed by atoms with Crippen LogP contribution in [0.4, 0.5) is 4.79 Å². The van der Waals surface area contributed by atoms with Crippen LogP contribution >= 0.6 is 0 Å². The second-order valence-electron chi connectivity index (χ2n) is 7.50. The molecule has 0 radical (unpaired) electrons. The second kappa shape index (κ2) is 7.48. The Bertz CT molecular complexity index is 683. The van der Waals surface area contributed by atoms with Crippen LogP contribution in [-0.2, 0) is 16.0 Å². The molecule has 2 N–H and O–H groups in total. The third-order valence-electron chi connectivity index (χ3n) is 5.51. The molecule has 140 valence electrons. The Hall–Kier alpha value is -2.37. The Morgan fingerprint density at radius 3 is 2.50 bits per heavy atom. The second-order valence-corrected chi connectivity index (χ2v) is 7.50. The molecule has 3 rings (SSSR count). The first-order valence-corrected chi connectivity index (χ1v) is 9.43. The lowest BCUT2D eigenvalue weighted by atomic mass is 9.97. The maximum Gasteiger partial charge on any atom is 0.325 e. The first-order valence-electron chi connectivity index (χ1n) is 9.43. The number of benzene rings is 1. The number of imide groups is 1. The van der Waals surface area contributed by atoms with Gasteiger partial charge in [-0.2, -0.15) is 0 Å². The van der Waals surface area contributed by atoms with Gasteiger partial charge in [0.1, 0.15) is 11.6 Å². The van der Waals surface area contributed by atoms with Crippen molar-refractivity contribution in [2.45, 2.75) is 70.0 Å². The van der Waals surface area contributed by atoms with Crippen LogP contribution in [0.1, 0.15) is 51.5 Å². The fourth-order valence-electron chi connectivity index (χ4n) is 3.89. The van der Waals surface area contributed by atoms with Crippen LogP contribution in [0.2, 0.25) is 0 Å². The molecule has 1 heterocycles. The lowest BCUT2D eigenvalue weighted by molar-refractivity contribution is -0.138. The molecule has 1 aromatic carbocycles. The van der Waals surface area contributed by atoms with Crippen LogP contribution in [0.5, 0.6) is 0 Å². The lowest BCUT2D eigenvalue weighted by Gasteiger charge is -2.25. The summed E-state index contributed by atoms with van der Waals surface area (Å²) in [5, 5.41) is 5.76. The molecule has 1 spiro atoms. The van der Waals surface area contributed by atoms with E-state index < -0.39 is 17.6 Å². The highest BCUT2D eigenvalue weighted by molar-refractivity contribution is 6.09. The van der Waals surface area contributed by atoms with Crippen molar-refractivity contribution >= 4 is 17.8 Å². The third-order valence-corrected chi connectivity index (χ3v) is 5.51. The molecule has 2 aliphatic rings. The van der Waals surface area contributed by atoms with Gasteiger partial charge in [0.15, 0.2) is 0 Å². The molecule has 2 fully saturated rings. The van der Waals surface area contributed by atoms with Gasteiger partial charge in [-0.25, -0.2) is 9.69 Å². The van der Waals surface area contributed by atoms with Gasteiger partial charge in [-0.1, -0.05) is 43.2 Å². The molecule has 2 unspecified atom stereocenters. The zero-order valence-corrected chi connectivity index (χ0v) is 15.5. The first-order chi connectivity index (χ1) is 12.4. The number of hydrogen-bond acceptors (Lipinski definition) is 3. The van der Waals surface area contributed by atoms with E-state index in [0.717, 1.165) is 30.6 Å². The Morgan fingerprint density at radius 1 is 1.19 bits per heavy atom. The summed E-state index contributed by atoms with van der Waals surface area (Å²) in [5.74, 6) is -0.538. The fourth-order valence-corrected chi connectivity index (χ4v) is 3.89. The number of rotatable bonds is 6. The standard InChI is InChI=1S/C20H27N3O3/c1-14(10-11-16-8-4-3-5-9-16)21-17(24)15(2)23-18(25)20(22-19(23)26)12-6-7-13-20/h3-5,8-9,14-15H,6-7,10-13H2,1-2H3,(H,21,24)(H,22,26). The summed E-state index contributed by atoms with van der Waals surface area (Å²) < 4.78 is 0. The zero-order chi connectivity index (χ0) is 18.7. The Kier molecular flexibility index (Phi) is 5.30. The van der Waals surface area contributed by atoms with E-state index in [1.54, 1.807) is 6.92 Å². The van der Waals surface area contributed by atoms with E-state index in [2.05, 4.69) is 22.8 Å². The topological polar surface area (TPSA) is 78.5 Å². The molecule has 2 atom stereocenters. The molecule has 1 aromatic rings. The molecular formula is C20H27N3O3. The zero-order valence-electron chi connectivity index (χ0n) is 15.5. The van der Waals surface area contributed by atoms with E-state index >= 15 is 0 Å². The summed E-state index contributed by atoms with van der Waals surface area (Å²) in [6, 6.07) is 8.81. The lowest BCUT2D eigenvalue weighted by Crippen LogP contribution is -2.51. The van der Waals surface area contributed by atoms with Crippen molar-refractivity contribution in [1.29, 1.82) is 0 Å². The number of nitrogens with one attached hydrogen (secondary N) is 2. The van der Waals surface area contributed by atoms with Gasteiger partial charge in [0, 0.05) is 6.04 Å². The van der Waals surface area contributed by atoms with E-state index in [1.165, 1.54) is 5.56 Å². The smallest absolute Gasteiger partial charge is 0.325 e. The van der Waals surface area contributed by atoms with Crippen LogP contribution in [-0.4, -0.2) is 40.4 Å². The Morgan fingerprint density at radius 2 is 1.85 bits per heavy atom. The molecular weight excluding hydrogens is 330 g/mol. The maximum absolute atomic E-state index is 12.7. The summed E-state index contributed by atoms with van der Waals surface area (Å²) in [6.07, 6.45) is 4.84. The van der Waals surface area contributed by atoms with Crippen LogP contribution in [0.25, 0.3) is 0 Å². The summed E-state index contributed by atoms with van der Waals surface area (Å²) in [6.45, 7) is 3.56. The molecule has 0 aromatic heterocycles. The van der Waals surface area contributed by atoms with Crippen molar-refractivity contribution in [2.75, 3.05) is 0 Å². The van der Waals surface area contributed by atoms with Crippen molar-refractivity contribution in [3.8, 4) is 0 Å². The van der Waals surface area contributed by atoms with E-state index in [-0.39, 0.29) is 17.9 Å². The largest absolute Gasteiger partial charge is 0.352 e. The Balaban J connectivity index is 1.55. The third kappa shape index (κ3) is 3.59. The van der Waals surface area contributed by atoms with E-state index in [9.17, 15) is 14.4 Å². The van der Waals surface area contributed by atoms with Crippen molar-refractivity contribution in [3.63, 3.8) is 0 Å². The number of carbonyl (C=O) groups is 3. The molecule has 6 heteroatoms. The van der Waals surface area contributed by atoms with Crippen molar-refractivity contribution in [2.24, 2.45) is 0 Å². The quantitative estimate of drug-likeness (QED) is 0.767. The maximum atomic E-state index is 12.7. The van der Waals surface area contributed by atoms with Crippen LogP contribution in [0, 0.1) is 0 Å². The van der Waals surface area contributed by atoms with Gasteiger partial charge in [0.25, 0.3) is 5.91 Å². The molecule has 6 nitrogen and oxygen atoms in total. The normalized spacial score (nSPS) is 20.9. The van der Waals surface area contributed by atoms with Gasteiger partial charge >= 0.3 is 6.03 Å². The number of urea groups is 1. The minimum Gasteiger partial charge on any atom is -0.352 e. The van der Waals surface area contributed by atoms with Crippen molar-refractivity contribution in [3.05, 3.63) is 35.9 Å². The molecule has 1 saturated carbocycles. The highest BCUT2D eigenvalue weighted by atomic mass is 16.2. The van der Waals surface area contributed by atoms with Crippen LogP contribution in [0.3, 0.4) is 0 Å². The summed E-state index contributed by atoms with van der Waals surface area (Å²) >= 11 is 0. The van der Waals surface area contributed by atoms with Gasteiger partial charge in [0.2, 0.25) is 5.91 Å². The highest BCUT2D eigenvalue weighted by Crippen LogP contribution is 2.35. The predicted octanol–water partition coefficient (Wildman–Crippen LogP) is 2.38. The van der Waals surface area contributed by atoms with Gasteiger partial charge in [0.05, 0.1) is 0 Å². The van der Waals surface area contributed by atoms with E-state index in [4.69, 9.17) is 0 Å². The number of aryl methyl sites for hydroxylation is 1. The number of amides is 4. The molecule has 1 aliphatic carbocycles. The minimum atomic E-state index is -0.804. The summed E-state index contributed by atoms with van der Waals surface area (Å²) in [4.78, 5) is 38.7. The monoisotopic (exact) mass is 357 g/mol. The molecule has 1 aliphatic heterocycles.